The number of pyridine rings is 2. The largest absolute Gasteiger partial charge is 0 e. The van der Waals surface area contributed by atoms with Gasteiger partial charge in [0.15, 0.2) is 0 Å². The number of aromatic nitrogens is 2. The Morgan fingerprint density at radius 2 is 1.44 bits per heavy atom. The number of aryl methyl sites for hydroxylation is 1. The molecule has 3 heterocycles. The number of benzene rings is 4. The van der Waals surface area contributed by atoms with E-state index in [9.17, 15) is 8.78 Å². The molecule has 0 amide bonds. The van der Waals surface area contributed by atoms with Crippen LogP contribution in [0.15, 0.2) is 102 Å². The third-order valence-corrected chi connectivity index (χ3v) is 14.5. The smallest absolute Gasteiger partial charge is 0 e. The van der Waals surface area contributed by atoms with Crippen LogP contribution in [0.4, 0.5) is 8.78 Å². The molecule has 54 heavy (non-hydrogen) atoms. The van der Waals surface area contributed by atoms with Gasteiger partial charge in [0, 0.05) is 37.8 Å². The van der Waals surface area contributed by atoms with Crippen LogP contribution in [0.3, 0.4) is 0 Å². The molecule has 0 fully saturated rings. The van der Waals surface area contributed by atoms with Gasteiger partial charge in [0.05, 0.1) is 5.58 Å². The monoisotopic (exact) mass is 961 g/mol. The fourth-order valence-electron chi connectivity index (χ4n) is 6.65. The number of nitrogens with zero attached hydrogens (tertiary/aromatic N) is 2. The second-order valence-electron chi connectivity index (χ2n) is 16.4. The topological polar surface area (TPSA) is 38.9 Å². The summed E-state index contributed by atoms with van der Waals surface area (Å²) in [4.78, 5) is 9.30. The zero-order chi connectivity index (χ0) is 38.2. The normalized spacial score (nSPS) is 12.4. The van der Waals surface area contributed by atoms with Gasteiger partial charge in [-0.3, -0.25) is 0 Å². The molecule has 0 aliphatic carbocycles. The van der Waals surface area contributed by atoms with Crippen LogP contribution in [0.5, 0.6) is 0 Å². The standard InChI is InChI=1S/C28H22F2NO.C19H26GeN.Ir/c1-16(2)17(3)18-9-10-31-26(13-18)25-6-4-5-24-23-8-7-19(14-27(23)32-28(24)25)20-11-21(29)15-22(30)12-20;1-14-11-18(21-13-17(14)20(5,6)7)15-9-8-10-16(12-15)19(2,3)4;/h4-5,7-17H,1-3H3;8,10-13H,1-7H3;/q2*-1;. The second-order valence-corrected chi connectivity index (χ2v) is 27.0. The summed E-state index contributed by atoms with van der Waals surface area (Å²) in [6.07, 6.45) is 3.93. The Hall–Kier alpha value is -3.97. The van der Waals surface area contributed by atoms with Gasteiger partial charge in [-0.15, -0.1) is 18.2 Å². The molecule has 7 heteroatoms. The van der Waals surface area contributed by atoms with Crippen LogP contribution in [0.2, 0.25) is 17.3 Å². The van der Waals surface area contributed by atoms with Crippen molar-refractivity contribution in [2.75, 3.05) is 0 Å². The maximum atomic E-state index is 13.7. The SMILES string of the molecule is CC(C)C(C)c1ccnc(-c2[c-]ccc3c2oc2cc(-c4cc(F)cc(F)c4)ccc23)c1.Cc1cc(-c2[c-]ccc(C(C)(C)C)c2)nc[c]1[Ge]([CH3])([CH3])[CH3].[Ir]. The molecule has 0 saturated carbocycles. The number of rotatable bonds is 6. The summed E-state index contributed by atoms with van der Waals surface area (Å²) in [6.45, 7) is 15.6. The van der Waals surface area contributed by atoms with Gasteiger partial charge in [-0.05, 0) is 52.9 Å². The Morgan fingerprint density at radius 3 is 2.09 bits per heavy atom. The molecule has 7 aromatic rings. The Morgan fingerprint density at radius 1 is 0.741 bits per heavy atom. The van der Waals surface area contributed by atoms with E-state index in [0.29, 0.717) is 34.1 Å². The molecule has 3 nitrogen and oxygen atoms in total. The number of hydrogen-bond acceptors (Lipinski definition) is 3. The molecular weight excluding hydrogens is 911 g/mol. The number of furan rings is 1. The van der Waals surface area contributed by atoms with Gasteiger partial charge in [0.1, 0.15) is 17.2 Å². The molecular formula is C47H48F2GeIrN2O-2. The van der Waals surface area contributed by atoms with Gasteiger partial charge in [0.2, 0.25) is 0 Å². The molecule has 0 saturated heterocycles. The Bertz CT molecular complexity index is 2400. The van der Waals surface area contributed by atoms with Crippen molar-refractivity contribution in [3.8, 4) is 33.6 Å². The molecule has 7 rings (SSSR count). The van der Waals surface area contributed by atoms with Crippen LogP contribution < -0.4 is 4.40 Å². The molecule has 4 aromatic carbocycles. The van der Waals surface area contributed by atoms with E-state index in [-0.39, 0.29) is 25.5 Å². The average Bonchev–Trinajstić information content (AvgIpc) is 3.48. The van der Waals surface area contributed by atoms with E-state index in [1.807, 2.05) is 42.6 Å². The molecule has 3 aromatic heterocycles. The molecule has 281 valence electrons. The van der Waals surface area contributed by atoms with E-state index in [1.165, 1.54) is 33.2 Å². The molecule has 0 N–H and O–H groups in total. The first-order valence-corrected chi connectivity index (χ1v) is 25.6. The first-order valence-electron chi connectivity index (χ1n) is 18.3. The van der Waals surface area contributed by atoms with Crippen LogP contribution in [0.25, 0.3) is 55.6 Å². The first-order chi connectivity index (χ1) is 25.0. The predicted octanol–water partition coefficient (Wildman–Crippen LogP) is 12.9. The van der Waals surface area contributed by atoms with Crippen molar-refractivity contribution in [1.29, 1.82) is 0 Å². The summed E-state index contributed by atoms with van der Waals surface area (Å²) in [5.41, 5.74) is 10.3. The molecule has 1 radical (unpaired) electrons. The summed E-state index contributed by atoms with van der Waals surface area (Å²) >= 11 is -1.82. The Balaban J connectivity index is 0.000000223. The summed E-state index contributed by atoms with van der Waals surface area (Å²) in [7, 11) is 0. The van der Waals surface area contributed by atoms with E-state index >= 15 is 0 Å². The van der Waals surface area contributed by atoms with Gasteiger partial charge in [-0.2, -0.15) is 0 Å². The summed E-state index contributed by atoms with van der Waals surface area (Å²) in [5.74, 6) is 6.94. The quantitative estimate of drug-likeness (QED) is 0.123. The van der Waals surface area contributed by atoms with Crippen LogP contribution in [0, 0.1) is 36.6 Å². The Kier molecular flexibility index (Phi) is 12.5. The maximum absolute atomic E-state index is 13.7. The fourth-order valence-corrected chi connectivity index (χ4v) is 10.2. The second kappa shape index (κ2) is 16.4. The van der Waals surface area contributed by atoms with E-state index in [0.717, 1.165) is 39.4 Å². The minimum atomic E-state index is -1.82. The molecule has 1 unspecified atom stereocenters. The summed E-state index contributed by atoms with van der Waals surface area (Å²) in [5, 5.41) is 1.89. The first kappa shape index (κ1) is 41.2. The van der Waals surface area contributed by atoms with Crippen molar-refractivity contribution in [3.05, 3.63) is 138 Å². The van der Waals surface area contributed by atoms with Gasteiger partial charge >= 0.3 is 132 Å². The number of halogens is 2. The summed E-state index contributed by atoms with van der Waals surface area (Å²) in [6, 6.07) is 32.3. The zero-order valence-electron chi connectivity index (χ0n) is 32.8. The summed E-state index contributed by atoms with van der Waals surface area (Å²) < 4.78 is 35.1. The fraction of sp³-hybridized carbons (Fsp3) is 0.277. The minimum absolute atomic E-state index is 0. The van der Waals surface area contributed by atoms with Crippen molar-refractivity contribution < 1.29 is 33.3 Å². The van der Waals surface area contributed by atoms with Crippen molar-refractivity contribution in [2.45, 2.75) is 77.1 Å². The number of fused-ring (bicyclic) bond motifs is 3. The average molecular weight is 960 g/mol. The number of hydrogen-bond donors (Lipinski definition) is 0. The van der Waals surface area contributed by atoms with Gasteiger partial charge in [-0.1, -0.05) is 55.5 Å². The van der Waals surface area contributed by atoms with Crippen molar-refractivity contribution >= 4 is 39.6 Å². The van der Waals surface area contributed by atoms with Gasteiger partial charge in [-0.25, -0.2) is 8.78 Å². The molecule has 1 atom stereocenters. The van der Waals surface area contributed by atoms with Gasteiger partial charge in [0.25, 0.3) is 0 Å². The van der Waals surface area contributed by atoms with E-state index in [4.69, 9.17) is 9.40 Å². The molecule has 0 spiro atoms. The third kappa shape index (κ3) is 9.10. The molecule has 0 bridgehead atoms. The van der Waals surface area contributed by atoms with Crippen molar-refractivity contribution in [2.24, 2.45) is 5.92 Å². The predicted molar refractivity (Wildman–Crippen MR) is 219 cm³/mol. The van der Waals surface area contributed by atoms with E-state index < -0.39 is 24.9 Å². The van der Waals surface area contributed by atoms with Crippen LogP contribution in [0.1, 0.15) is 64.2 Å². The third-order valence-electron chi connectivity index (χ3n) is 10.1. The van der Waals surface area contributed by atoms with Crippen LogP contribution >= 0.6 is 0 Å². The maximum Gasteiger partial charge on any atom is 0 e. The van der Waals surface area contributed by atoms with E-state index in [2.05, 4.69) is 119 Å². The van der Waals surface area contributed by atoms with Crippen LogP contribution in [-0.2, 0) is 25.5 Å². The molecule has 0 aliphatic rings. The molecule has 0 aliphatic heterocycles. The van der Waals surface area contributed by atoms with Crippen LogP contribution in [-0.4, -0.2) is 23.2 Å². The van der Waals surface area contributed by atoms with Gasteiger partial charge < -0.3 is 9.40 Å². The van der Waals surface area contributed by atoms with E-state index in [1.54, 1.807) is 0 Å². The minimum Gasteiger partial charge on any atom is 0 e. The van der Waals surface area contributed by atoms with Crippen molar-refractivity contribution in [1.82, 2.24) is 9.97 Å². The zero-order valence-corrected chi connectivity index (χ0v) is 37.3. The van der Waals surface area contributed by atoms with Crippen molar-refractivity contribution in [3.63, 3.8) is 0 Å². The Labute approximate surface area is 335 Å².